The molecule has 2 heteroatoms. The molecule has 0 unspecified atom stereocenters. The van der Waals surface area contributed by atoms with Gasteiger partial charge >= 0.3 is 5.97 Å². The Morgan fingerprint density at radius 2 is 1.95 bits per heavy atom. The van der Waals surface area contributed by atoms with Crippen molar-refractivity contribution in [2.45, 2.75) is 52.9 Å². The van der Waals surface area contributed by atoms with Crippen LogP contribution in [-0.2, 0) is 10.2 Å². The van der Waals surface area contributed by atoms with Gasteiger partial charge in [-0.3, -0.25) is 0 Å². The van der Waals surface area contributed by atoms with Crippen molar-refractivity contribution in [2.24, 2.45) is 0 Å². The van der Waals surface area contributed by atoms with Gasteiger partial charge in [-0.2, -0.15) is 0 Å². The quantitative estimate of drug-likeness (QED) is 0.806. The average Bonchev–Trinajstić information content (AvgIpc) is 2.27. The second kappa shape index (κ2) is 6.05. The molecule has 0 saturated heterocycles. The Bertz CT molecular complexity index is 490. The summed E-state index contributed by atoms with van der Waals surface area (Å²) < 4.78 is 0. The number of aryl methyl sites for hydroxylation is 1. The van der Waals surface area contributed by atoms with Gasteiger partial charge in [0.15, 0.2) is 0 Å². The van der Waals surface area contributed by atoms with Crippen molar-refractivity contribution in [2.75, 3.05) is 0 Å². The Kier molecular flexibility index (Phi) is 4.93. The third-order valence-electron chi connectivity index (χ3n) is 3.27. The summed E-state index contributed by atoms with van der Waals surface area (Å²) in [6.45, 7) is 10.6. The molecule has 2 nitrogen and oxygen atoms in total. The lowest BCUT2D eigenvalue weighted by Crippen LogP contribution is -2.11. The molecule has 0 radical (unpaired) electrons. The standard InChI is InChI=1S/C17H24O2/c1-6-7-13(10-16(18)19)15-11-14(17(3,4)5)9-8-12(15)2/h8-11H,6-7H2,1-5H3,(H,18,19)/b13-10+. The lowest BCUT2D eigenvalue weighted by molar-refractivity contribution is -0.131. The smallest absolute Gasteiger partial charge is 0.328 e. The Labute approximate surface area is 116 Å². The van der Waals surface area contributed by atoms with Gasteiger partial charge in [0.05, 0.1) is 0 Å². The summed E-state index contributed by atoms with van der Waals surface area (Å²) in [5.41, 5.74) is 4.42. The first-order chi connectivity index (χ1) is 8.75. The summed E-state index contributed by atoms with van der Waals surface area (Å²) in [5, 5.41) is 9.02. The van der Waals surface area contributed by atoms with E-state index < -0.39 is 5.97 Å². The van der Waals surface area contributed by atoms with Crippen LogP contribution in [0.3, 0.4) is 0 Å². The fourth-order valence-corrected chi connectivity index (χ4v) is 2.14. The molecule has 0 amide bonds. The zero-order chi connectivity index (χ0) is 14.6. The number of carboxylic acid groups (broad SMARTS) is 1. The van der Waals surface area contributed by atoms with Crippen LogP contribution in [0.5, 0.6) is 0 Å². The van der Waals surface area contributed by atoms with E-state index >= 15 is 0 Å². The molecule has 0 saturated carbocycles. The van der Waals surface area contributed by atoms with Gasteiger partial charge in [-0.1, -0.05) is 52.3 Å². The fourth-order valence-electron chi connectivity index (χ4n) is 2.14. The highest BCUT2D eigenvalue weighted by Gasteiger charge is 2.16. The molecular weight excluding hydrogens is 236 g/mol. The molecular formula is C17H24O2. The van der Waals surface area contributed by atoms with Gasteiger partial charge in [-0.05, 0) is 41.0 Å². The van der Waals surface area contributed by atoms with Gasteiger partial charge in [0.25, 0.3) is 0 Å². The molecule has 1 N–H and O–H groups in total. The third-order valence-corrected chi connectivity index (χ3v) is 3.27. The van der Waals surface area contributed by atoms with E-state index in [0.29, 0.717) is 0 Å². The molecule has 0 aromatic heterocycles. The normalized spacial score (nSPS) is 12.6. The van der Waals surface area contributed by atoms with E-state index in [1.54, 1.807) is 0 Å². The van der Waals surface area contributed by atoms with E-state index in [1.807, 2.05) is 6.92 Å². The molecule has 0 aliphatic heterocycles. The largest absolute Gasteiger partial charge is 0.478 e. The van der Waals surface area contributed by atoms with Crippen LogP contribution in [0.25, 0.3) is 5.57 Å². The van der Waals surface area contributed by atoms with E-state index in [2.05, 4.69) is 45.9 Å². The average molecular weight is 260 g/mol. The zero-order valence-electron chi connectivity index (χ0n) is 12.6. The minimum absolute atomic E-state index is 0.0724. The Balaban J connectivity index is 3.34. The van der Waals surface area contributed by atoms with E-state index in [9.17, 15) is 4.79 Å². The molecule has 1 rings (SSSR count). The molecule has 0 atom stereocenters. The minimum atomic E-state index is -0.871. The second-order valence-electron chi connectivity index (χ2n) is 6.04. The maximum absolute atomic E-state index is 11.0. The predicted molar refractivity (Wildman–Crippen MR) is 80.4 cm³/mol. The Morgan fingerprint density at radius 3 is 2.42 bits per heavy atom. The second-order valence-corrected chi connectivity index (χ2v) is 6.04. The lowest BCUT2D eigenvalue weighted by atomic mass is 9.83. The van der Waals surface area contributed by atoms with Crippen molar-refractivity contribution in [1.82, 2.24) is 0 Å². The Hall–Kier alpha value is -1.57. The van der Waals surface area contributed by atoms with Crippen LogP contribution in [0.1, 0.15) is 57.2 Å². The molecule has 0 bridgehead atoms. The first-order valence-corrected chi connectivity index (χ1v) is 6.80. The minimum Gasteiger partial charge on any atom is -0.478 e. The number of benzene rings is 1. The summed E-state index contributed by atoms with van der Waals surface area (Å²) in [5.74, 6) is -0.871. The van der Waals surface area contributed by atoms with Crippen molar-refractivity contribution in [3.63, 3.8) is 0 Å². The van der Waals surface area contributed by atoms with Crippen molar-refractivity contribution in [1.29, 1.82) is 0 Å². The molecule has 0 heterocycles. The highest BCUT2D eigenvalue weighted by molar-refractivity contribution is 5.90. The number of carboxylic acids is 1. The molecule has 1 aromatic rings. The zero-order valence-corrected chi connectivity index (χ0v) is 12.6. The summed E-state index contributed by atoms with van der Waals surface area (Å²) in [6.07, 6.45) is 3.08. The predicted octanol–water partition coefficient (Wildman–Crippen LogP) is 4.56. The first-order valence-electron chi connectivity index (χ1n) is 6.80. The van der Waals surface area contributed by atoms with Crippen LogP contribution < -0.4 is 0 Å². The number of rotatable bonds is 4. The van der Waals surface area contributed by atoms with Crippen molar-refractivity contribution < 1.29 is 9.90 Å². The number of aliphatic carboxylic acids is 1. The van der Waals surface area contributed by atoms with Crippen molar-refractivity contribution >= 4 is 11.5 Å². The van der Waals surface area contributed by atoms with Crippen LogP contribution >= 0.6 is 0 Å². The van der Waals surface area contributed by atoms with Gasteiger partial charge in [-0.25, -0.2) is 4.79 Å². The molecule has 104 valence electrons. The molecule has 1 aromatic carbocycles. The summed E-state index contributed by atoms with van der Waals surface area (Å²) in [6, 6.07) is 6.35. The van der Waals surface area contributed by atoms with Crippen molar-refractivity contribution in [3.8, 4) is 0 Å². The third kappa shape index (κ3) is 4.23. The van der Waals surface area contributed by atoms with Gasteiger partial charge in [0.2, 0.25) is 0 Å². The van der Waals surface area contributed by atoms with Gasteiger partial charge in [0, 0.05) is 6.08 Å². The highest BCUT2D eigenvalue weighted by Crippen LogP contribution is 2.29. The number of hydrogen-bond acceptors (Lipinski definition) is 1. The molecule has 19 heavy (non-hydrogen) atoms. The highest BCUT2D eigenvalue weighted by atomic mass is 16.4. The SMILES string of the molecule is CCC/C(=C\C(=O)O)c1cc(C(C)(C)C)ccc1C. The van der Waals surface area contributed by atoms with Crippen LogP contribution in [0.4, 0.5) is 0 Å². The molecule has 0 spiro atoms. The Morgan fingerprint density at radius 1 is 1.32 bits per heavy atom. The van der Waals surface area contributed by atoms with Gasteiger partial charge < -0.3 is 5.11 Å². The summed E-state index contributed by atoms with van der Waals surface area (Å²) in [7, 11) is 0. The molecule has 0 aliphatic carbocycles. The van der Waals surface area contributed by atoms with Gasteiger partial charge in [-0.15, -0.1) is 0 Å². The van der Waals surface area contributed by atoms with E-state index in [-0.39, 0.29) is 5.41 Å². The first kappa shape index (κ1) is 15.5. The van der Waals surface area contributed by atoms with Crippen LogP contribution in [0.2, 0.25) is 0 Å². The molecule has 0 fully saturated rings. The lowest BCUT2D eigenvalue weighted by Gasteiger charge is -2.21. The van der Waals surface area contributed by atoms with Gasteiger partial charge in [0.1, 0.15) is 0 Å². The molecule has 0 aliphatic rings. The monoisotopic (exact) mass is 260 g/mol. The van der Waals surface area contributed by atoms with Crippen molar-refractivity contribution in [3.05, 3.63) is 41.0 Å². The topological polar surface area (TPSA) is 37.3 Å². The van der Waals surface area contributed by atoms with Crippen LogP contribution in [0, 0.1) is 6.92 Å². The van der Waals surface area contributed by atoms with Crippen LogP contribution in [0.15, 0.2) is 24.3 Å². The number of allylic oxidation sites excluding steroid dienone is 1. The maximum Gasteiger partial charge on any atom is 0.328 e. The number of carbonyl (C=O) groups is 1. The van der Waals surface area contributed by atoms with Crippen LogP contribution in [-0.4, -0.2) is 11.1 Å². The van der Waals surface area contributed by atoms with E-state index in [4.69, 9.17) is 5.11 Å². The summed E-state index contributed by atoms with van der Waals surface area (Å²) in [4.78, 5) is 11.0. The fraction of sp³-hybridized carbons (Fsp3) is 0.471. The summed E-state index contributed by atoms with van der Waals surface area (Å²) >= 11 is 0. The maximum atomic E-state index is 11.0. The van der Waals surface area contributed by atoms with E-state index in [0.717, 1.165) is 29.5 Å². The number of hydrogen-bond donors (Lipinski definition) is 1. The van der Waals surface area contributed by atoms with E-state index in [1.165, 1.54) is 11.6 Å².